The summed E-state index contributed by atoms with van der Waals surface area (Å²) in [5, 5.41) is 0. The molecular formula is C17H21NS. The molecule has 1 atom stereocenters. The second kappa shape index (κ2) is 6.27. The van der Waals surface area contributed by atoms with Crippen molar-refractivity contribution in [3.8, 4) is 0 Å². The fourth-order valence-electron chi connectivity index (χ4n) is 2.00. The normalized spacial score (nSPS) is 12.4. The van der Waals surface area contributed by atoms with Crippen molar-refractivity contribution in [3.63, 3.8) is 0 Å². The highest BCUT2D eigenvalue weighted by Gasteiger charge is 2.03. The van der Waals surface area contributed by atoms with Crippen LogP contribution >= 0.6 is 11.8 Å². The van der Waals surface area contributed by atoms with E-state index in [2.05, 4.69) is 56.3 Å². The lowest BCUT2D eigenvalue weighted by molar-refractivity contribution is 0.815. The molecule has 0 spiro atoms. The molecule has 0 aliphatic carbocycles. The van der Waals surface area contributed by atoms with Crippen LogP contribution in [0.4, 0.5) is 0 Å². The first-order valence-corrected chi connectivity index (χ1v) is 7.59. The molecule has 0 aromatic heterocycles. The molecule has 0 radical (unpaired) electrons. The zero-order valence-electron chi connectivity index (χ0n) is 11.8. The van der Waals surface area contributed by atoms with Gasteiger partial charge in [-0.05, 0) is 49.6 Å². The largest absolute Gasteiger partial charge is 0.324 e. The summed E-state index contributed by atoms with van der Waals surface area (Å²) in [4.78, 5) is 1.29. The Morgan fingerprint density at radius 2 is 1.89 bits per heavy atom. The first-order valence-electron chi connectivity index (χ1n) is 6.61. The van der Waals surface area contributed by atoms with E-state index in [-0.39, 0.29) is 6.04 Å². The van der Waals surface area contributed by atoms with Gasteiger partial charge in [0.15, 0.2) is 0 Å². The zero-order chi connectivity index (χ0) is 13.8. The molecule has 100 valence electrons. The van der Waals surface area contributed by atoms with Crippen LogP contribution in [0.1, 0.15) is 35.2 Å². The van der Waals surface area contributed by atoms with Crippen molar-refractivity contribution in [1.29, 1.82) is 0 Å². The van der Waals surface area contributed by atoms with E-state index in [0.29, 0.717) is 0 Å². The highest BCUT2D eigenvalue weighted by Crippen LogP contribution is 2.26. The number of hydrogen-bond donors (Lipinski definition) is 1. The molecule has 0 heterocycles. The average Bonchev–Trinajstić information content (AvgIpc) is 2.40. The molecule has 2 N–H and O–H groups in total. The predicted octanol–water partition coefficient (Wildman–Crippen LogP) is 4.62. The van der Waals surface area contributed by atoms with E-state index < -0.39 is 0 Å². The SMILES string of the molecule is Cc1ccc(C)c(CSc2cccc(C(C)N)c2)c1. The molecule has 1 unspecified atom stereocenters. The van der Waals surface area contributed by atoms with Crippen LogP contribution in [0.2, 0.25) is 0 Å². The molecule has 0 amide bonds. The lowest BCUT2D eigenvalue weighted by Gasteiger charge is -2.09. The van der Waals surface area contributed by atoms with Crippen LogP contribution in [0.3, 0.4) is 0 Å². The van der Waals surface area contributed by atoms with E-state index in [1.54, 1.807) is 0 Å². The first-order chi connectivity index (χ1) is 9.06. The van der Waals surface area contributed by atoms with Gasteiger partial charge in [0.05, 0.1) is 0 Å². The quantitative estimate of drug-likeness (QED) is 0.821. The zero-order valence-corrected chi connectivity index (χ0v) is 12.6. The third kappa shape index (κ3) is 3.85. The maximum Gasteiger partial charge on any atom is 0.0266 e. The molecular weight excluding hydrogens is 250 g/mol. The van der Waals surface area contributed by atoms with Crippen LogP contribution in [0.25, 0.3) is 0 Å². The third-order valence-corrected chi connectivity index (χ3v) is 4.33. The van der Waals surface area contributed by atoms with Crippen LogP contribution in [-0.2, 0) is 5.75 Å². The number of hydrogen-bond acceptors (Lipinski definition) is 2. The Morgan fingerprint density at radius 3 is 2.63 bits per heavy atom. The van der Waals surface area contributed by atoms with Crippen LogP contribution in [0.15, 0.2) is 47.4 Å². The lowest BCUT2D eigenvalue weighted by atomic mass is 10.1. The van der Waals surface area contributed by atoms with Crippen LogP contribution in [-0.4, -0.2) is 0 Å². The molecule has 2 aromatic carbocycles. The number of aryl methyl sites for hydroxylation is 2. The summed E-state index contributed by atoms with van der Waals surface area (Å²) in [6.07, 6.45) is 0. The van der Waals surface area contributed by atoms with Gasteiger partial charge in [0, 0.05) is 16.7 Å². The lowest BCUT2D eigenvalue weighted by Crippen LogP contribution is -2.04. The maximum absolute atomic E-state index is 5.92. The standard InChI is InChI=1S/C17H21NS/c1-12-7-8-13(2)16(9-12)11-19-17-6-4-5-15(10-17)14(3)18/h4-10,14H,11,18H2,1-3H3. The molecule has 0 aliphatic heterocycles. The molecule has 0 aliphatic rings. The molecule has 2 heteroatoms. The van der Waals surface area contributed by atoms with Crippen molar-refractivity contribution < 1.29 is 0 Å². The maximum atomic E-state index is 5.92. The van der Waals surface area contributed by atoms with E-state index in [0.717, 1.165) is 5.75 Å². The third-order valence-electron chi connectivity index (χ3n) is 3.28. The Balaban J connectivity index is 2.10. The highest BCUT2D eigenvalue weighted by atomic mass is 32.2. The molecule has 0 saturated heterocycles. The number of nitrogens with two attached hydrogens (primary N) is 1. The van der Waals surface area contributed by atoms with Gasteiger partial charge in [-0.25, -0.2) is 0 Å². The smallest absolute Gasteiger partial charge is 0.0266 e. The van der Waals surface area contributed by atoms with E-state index in [1.165, 1.54) is 27.1 Å². The van der Waals surface area contributed by atoms with Crippen LogP contribution < -0.4 is 5.73 Å². The molecule has 0 saturated carbocycles. The Morgan fingerprint density at radius 1 is 1.11 bits per heavy atom. The predicted molar refractivity (Wildman–Crippen MR) is 84.5 cm³/mol. The summed E-state index contributed by atoms with van der Waals surface area (Å²) < 4.78 is 0. The Labute approximate surface area is 120 Å². The van der Waals surface area contributed by atoms with E-state index in [4.69, 9.17) is 5.73 Å². The number of rotatable bonds is 4. The van der Waals surface area contributed by atoms with Gasteiger partial charge in [-0.15, -0.1) is 11.8 Å². The van der Waals surface area contributed by atoms with Gasteiger partial charge < -0.3 is 5.73 Å². The van der Waals surface area contributed by atoms with E-state index >= 15 is 0 Å². The second-order valence-corrected chi connectivity index (χ2v) is 6.13. The van der Waals surface area contributed by atoms with Crippen molar-refractivity contribution in [2.45, 2.75) is 37.5 Å². The average molecular weight is 271 g/mol. The van der Waals surface area contributed by atoms with Crippen molar-refractivity contribution in [2.24, 2.45) is 5.73 Å². The monoisotopic (exact) mass is 271 g/mol. The van der Waals surface area contributed by atoms with Crippen molar-refractivity contribution >= 4 is 11.8 Å². The summed E-state index contributed by atoms with van der Waals surface area (Å²) >= 11 is 1.87. The van der Waals surface area contributed by atoms with Crippen LogP contribution in [0.5, 0.6) is 0 Å². The molecule has 19 heavy (non-hydrogen) atoms. The Bertz CT molecular complexity index is 561. The Kier molecular flexibility index (Phi) is 4.67. The van der Waals surface area contributed by atoms with Gasteiger partial charge in [0.2, 0.25) is 0 Å². The number of benzene rings is 2. The van der Waals surface area contributed by atoms with E-state index in [9.17, 15) is 0 Å². The fourth-order valence-corrected chi connectivity index (χ4v) is 3.03. The summed E-state index contributed by atoms with van der Waals surface area (Å²) in [6.45, 7) is 6.34. The van der Waals surface area contributed by atoms with Crippen LogP contribution in [0, 0.1) is 13.8 Å². The molecule has 1 nitrogen and oxygen atoms in total. The summed E-state index contributed by atoms with van der Waals surface area (Å²) in [5.41, 5.74) is 11.2. The number of thioether (sulfide) groups is 1. The van der Waals surface area contributed by atoms with E-state index in [1.807, 2.05) is 18.7 Å². The van der Waals surface area contributed by atoms with Gasteiger partial charge in [-0.1, -0.05) is 35.9 Å². The molecule has 2 aromatic rings. The fraction of sp³-hybridized carbons (Fsp3) is 0.294. The van der Waals surface area contributed by atoms with Gasteiger partial charge in [0.25, 0.3) is 0 Å². The van der Waals surface area contributed by atoms with Gasteiger partial charge in [-0.3, -0.25) is 0 Å². The first kappa shape index (κ1) is 14.2. The Hall–Kier alpha value is -1.25. The van der Waals surface area contributed by atoms with Crippen molar-refractivity contribution in [2.75, 3.05) is 0 Å². The molecule has 0 bridgehead atoms. The van der Waals surface area contributed by atoms with Gasteiger partial charge >= 0.3 is 0 Å². The van der Waals surface area contributed by atoms with Crippen molar-refractivity contribution in [3.05, 3.63) is 64.7 Å². The minimum atomic E-state index is 0.0984. The summed E-state index contributed by atoms with van der Waals surface area (Å²) in [5.74, 6) is 1.01. The van der Waals surface area contributed by atoms with Gasteiger partial charge in [0.1, 0.15) is 0 Å². The molecule has 0 fully saturated rings. The minimum Gasteiger partial charge on any atom is -0.324 e. The second-order valence-electron chi connectivity index (χ2n) is 5.08. The highest BCUT2D eigenvalue weighted by molar-refractivity contribution is 7.98. The van der Waals surface area contributed by atoms with Gasteiger partial charge in [-0.2, -0.15) is 0 Å². The summed E-state index contributed by atoms with van der Waals surface area (Å²) in [6, 6.07) is 15.3. The van der Waals surface area contributed by atoms with Crippen molar-refractivity contribution in [1.82, 2.24) is 0 Å². The minimum absolute atomic E-state index is 0.0984. The summed E-state index contributed by atoms with van der Waals surface area (Å²) in [7, 11) is 0. The molecule has 2 rings (SSSR count). The topological polar surface area (TPSA) is 26.0 Å².